The van der Waals surface area contributed by atoms with Crippen LogP contribution in [-0.4, -0.2) is 22.2 Å². The average Bonchev–Trinajstić information content (AvgIpc) is 2.04. The van der Waals surface area contributed by atoms with E-state index >= 15 is 0 Å². The molecular formula is C10H16N2O. The molecule has 0 bridgehead atoms. The second-order valence-electron chi connectivity index (χ2n) is 3.37. The normalized spacial score (nSPS) is 15.3. The molecule has 1 heterocycles. The maximum absolute atomic E-state index is 9.10. The van der Waals surface area contributed by atoms with Gasteiger partial charge in [0.1, 0.15) is 0 Å². The third-order valence-corrected chi connectivity index (χ3v) is 1.84. The molecule has 3 nitrogen and oxygen atoms in total. The van der Waals surface area contributed by atoms with Gasteiger partial charge in [0.05, 0.1) is 6.10 Å². The van der Waals surface area contributed by atoms with Crippen molar-refractivity contribution in [2.24, 2.45) is 5.73 Å². The maximum Gasteiger partial charge on any atom is 0.0527 e. The summed E-state index contributed by atoms with van der Waals surface area (Å²) >= 11 is 0. The fourth-order valence-corrected chi connectivity index (χ4v) is 1.31. The Kier molecular flexibility index (Phi) is 3.86. The van der Waals surface area contributed by atoms with Crippen molar-refractivity contribution >= 4 is 0 Å². The van der Waals surface area contributed by atoms with Gasteiger partial charge in [0.15, 0.2) is 0 Å². The number of rotatable bonds is 4. The van der Waals surface area contributed by atoms with E-state index in [1.807, 2.05) is 18.2 Å². The molecule has 0 aliphatic carbocycles. The van der Waals surface area contributed by atoms with Crippen LogP contribution in [0.3, 0.4) is 0 Å². The second kappa shape index (κ2) is 4.94. The van der Waals surface area contributed by atoms with Gasteiger partial charge in [-0.1, -0.05) is 6.07 Å². The van der Waals surface area contributed by atoms with Crippen LogP contribution in [0.2, 0.25) is 0 Å². The van der Waals surface area contributed by atoms with Crippen molar-refractivity contribution in [2.45, 2.75) is 31.9 Å². The highest BCUT2D eigenvalue weighted by Gasteiger charge is 2.07. The Morgan fingerprint density at radius 1 is 1.54 bits per heavy atom. The van der Waals surface area contributed by atoms with E-state index in [1.54, 1.807) is 13.1 Å². The predicted molar refractivity (Wildman–Crippen MR) is 52.2 cm³/mol. The minimum atomic E-state index is -0.335. The zero-order valence-electron chi connectivity index (χ0n) is 7.85. The molecule has 0 saturated heterocycles. The summed E-state index contributed by atoms with van der Waals surface area (Å²) in [6.45, 7) is 1.75. The van der Waals surface area contributed by atoms with Crippen molar-refractivity contribution in [1.82, 2.24) is 4.98 Å². The maximum atomic E-state index is 9.10. The Labute approximate surface area is 78.6 Å². The highest BCUT2D eigenvalue weighted by Crippen LogP contribution is 2.02. The number of pyridine rings is 1. The lowest BCUT2D eigenvalue weighted by molar-refractivity contribution is 0.174. The van der Waals surface area contributed by atoms with Crippen molar-refractivity contribution in [3.63, 3.8) is 0 Å². The van der Waals surface area contributed by atoms with Gasteiger partial charge in [-0.3, -0.25) is 4.98 Å². The molecule has 13 heavy (non-hydrogen) atoms. The highest BCUT2D eigenvalue weighted by molar-refractivity contribution is 5.04. The van der Waals surface area contributed by atoms with Crippen LogP contribution in [0.5, 0.6) is 0 Å². The van der Waals surface area contributed by atoms with Crippen LogP contribution in [-0.2, 0) is 6.42 Å². The smallest absolute Gasteiger partial charge is 0.0527 e. The summed E-state index contributed by atoms with van der Waals surface area (Å²) in [4.78, 5) is 4.16. The SMILES string of the molecule is C[C@@H](O)C[C@H](N)Cc1ccccn1. The number of nitrogens with zero attached hydrogens (tertiary/aromatic N) is 1. The zero-order valence-corrected chi connectivity index (χ0v) is 7.85. The first-order valence-electron chi connectivity index (χ1n) is 4.52. The molecule has 0 amide bonds. The number of nitrogens with two attached hydrogens (primary N) is 1. The molecule has 1 aromatic heterocycles. The molecular weight excluding hydrogens is 164 g/mol. The molecule has 72 valence electrons. The second-order valence-corrected chi connectivity index (χ2v) is 3.37. The van der Waals surface area contributed by atoms with Gasteiger partial charge in [0.2, 0.25) is 0 Å². The van der Waals surface area contributed by atoms with Gasteiger partial charge in [-0.25, -0.2) is 0 Å². The molecule has 0 aliphatic rings. The van der Waals surface area contributed by atoms with Gasteiger partial charge in [-0.05, 0) is 25.5 Å². The summed E-state index contributed by atoms with van der Waals surface area (Å²) < 4.78 is 0. The number of aliphatic hydroxyl groups is 1. The topological polar surface area (TPSA) is 59.1 Å². The van der Waals surface area contributed by atoms with Crippen molar-refractivity contribution in [3.05, 3.63) is 30.1 Å². The molecule has 3 N–H and O–H groups in total. The van der Waals surface area contributed by atoms with Gasteiger partial charge < -0.3 is 10.8 Å². The van der Waals surface area contributed by atoms with Crippen LogP contribution >= 0.6 is 0 Å². The largest absolute Gasteiger partial charge is 0.393 e. The monoisotopic (exact) mass is 180 g/mol. The van der Waals surface area contributed by atoms with Gasteiger partial charge in [-0.15, -0.1) is 0 Å². The van der Waals surface area contributed by atoms with Crippen LogP contribution in [0.25, 0.3) is 0 Å². The van der Waals surface area contributed by atoms with E-state index in [9.17, 15) is 0 Å². The van der Waals surface area contributed by atoms with E-state index in [1.165, 1.54) is 0 Å². The molecule has 1 rings (SSSR count). The van der Waals surface area contributed by atoms with E-state index in [-0.39, 0.29) is 12.1 Å². The van der Waals surface area contributed by atoms with Crippen molar-refractivity contribution in [2.75, 3.05) is 0 Å². The van der Waals surface area contributed by atoms with Crippen molar-refractivity contribution in [1.29, 1.82) is 0 Å². The Morgan fingerprint density at radius 2 is 2.31 bits per heavy atom. The molecule has 0 saturated carbocycles. The third-order valence-electron chi connectivity index (χ3n) is 1.84. The van der Waals surface area contributed by atoms with E-state index in [4.69, 9.17) is 10.8 Å². The Morgan fingerprint density at radius 3 is 2.85 bits per heavy atom. The quantitative estimate of drug-likeness (QED) is 0.718. The molecule has 2 atom stereocenters. The molecule has 0 aromatic carbocycles. The van der Waals surface area contributed by atoms with Crippen LogP contribution in [0.1, 0.15) is 19.0 Å². The zero-order chi connectivity index (χ0) is 9.68. The third kappa shape index (κ3) is 4.01. The van der Waals surface area contributed by atoms with Crippen molar-refractivity contribution < 1.29 is 5.11 Å². The van der Waals surface area contributed by atoms with Gasteiger partial charge in [0, 0.05) is 24.4 Å². The van der Waals surface area contributed by atoms with Crippen molar-refractivity contribution in [3.8, 4) is 0 Å². The van der Waals surface area contributed by atoms with Gasteiger partial charge in [-0.2, -0.15) is 0 Å². The Bertz CT molecular complexity index is 236. The molecule has 0 radical (unpaired) electrons. The molecule has 0 spiro atoms. The first-order chi connectivity index (χ1) is 6.18. The van der Waals surface area contributed by atoms with Crippen LogP contribution in [0.4, 0.5) is 0 Å². The van der Waals surface area contributed by atoms with E-state index in [0.717, 1.165) is 12.1 Å². The van der Waals surface area contributed by atoms with E-state index in [0.29, 0.717) is 6.42 Å². The van der Waals surface area contributed by atoms with Crippen LogP contribution in [0.15, 0.2) is 24.4 Å². The number of aromatic nitrogens is 1. The van der Waals surface area contributed by atoms with Crippen LogP contribution in [0, 0.1) is 0 Å². The molecule has 0 unspecified atom stereocenters. The summed E-state index contributed by atoms with van der Waals surface area (Å²) in [6.07, 6.45) is 2.77. The average molecular weight is 180 g/mol. The molecule has 0 fully saturated rings. The number of hydrogen-bond acceptors (Lipinski definition) is 3. The van der Waals surface area contributed by atoms with E-state index < -0.39 is 0 Å². The first kappa shape index (κ1) is 10.2. The predicted octanol–water partition coefficient (Wildman–Crippen LogP) is 0.722. The fraction of sp³-hybridized carbons (Fsp3) is 0.500. The molecule has 3 heteroatoms. The lowest BCUT2D eigenvalue weighted by atomic mass is 10.1. The summed E-state index contributed by atoms with van der Waals surface area (Å²) in [6, 6.07) is 5.76. The highest BCUT2D eigenvalue weighted by atomic mass is 16.3. The fourth-order valence-electron chi connectivity index (χ4n) is 1.31. The van der Waals surface area contributed by atoms with Gasteiger partial charge in [0.25, 0.3) is 0 Å². The summed E-state index contributed by atoms with van der Waals surface area (Å²) in [5.74, 6) is 0. The summed E-state index contributed by atoms with van der Waals surface area (Å²) in [7, 11) is 0. The summed E-state index contributed by atoms with van der Waals surface area (Å²) in [5.41, 5.74) is 6.79. The first-order valence-corrected chi connectivity index (χ1v) is 4.52. The molecule has 0 aliphatic heterocycles. The lowest BCUT2D eigenvalue weighted by Crippen LogP contribution is -2.27. The minimum Gasteiger partial charge on any atom is -0.393 e. The Balaban J connectivity index is 2.41. The molecule has 1 aromatic rings. The van der Waals surface area contributed by atoms with Gasteiger partial charge >= 0.3 is 0 Å². The number of aliphatic hydroxyl groups excluding tert-OH is 1. The van der Waals surface area contributed by atoms with E-state index in [2.05, 4.69) is 4.98 Å². The summed E-state index contributed by atoms with van der Waals surface area (Å²) in [5, 5.41) is 9.10. The minimum absolute atomic E-state index is 0.00472. The van der Waals surface area contributed by atoms with Crippen LogP contribution < -0.4 is 5.73 Å². The number of hydrogen-bond donors (Lipinski definition) is 2. The Hall–Kier alpha value is -0.930. The lowest BCUT2D eigenvalue weighted by Gasteiger charge is -2.12. The standard InChI is InChI=1S/C10H16N2O/c1-8(13)6-9(11)7-10-4-2-3-5-12-10/h2-5,8-9,13H,6-7,11H2,1H3/t8-,9+/m1/s1.